The molecule has 0 fully saturated rings. The fraction of sp³-hybridized carbons (Fsp3) is 0.292. The third-order valence-corrected chi connectivity index (χ3v) is 5.32. The van der Waals surface area contributed by atoms with E-state index < -0.39 is 5.92 Å². The third-order valence-electron chi connectivity index (χ3n) is 5.32. The number of hydrogen-bond acceptors (Lipinski definition) is 5. The Kier molecular flexibility index (Phi) is 5.97. The van der Waals surface area contributed by atoms with Gasteiger partial charge in [-0.2, -0.15) is 0 Å². The SMILES string of the molecule is CO/C(=C1\C(=O)CC(C(C)=O)Cc2ccc(C(C)=O)cc21)c1ccc(OC)cc1. The van der Waals surface area contributed by atoms with Gasteiger partial charge in [0.25, 0.3) is 0 Å². The standard InChI is InChI=1S/C24H24O5/c1-14(25)17-5-6-18-11-19(15(2)26)13-22(27)23(21(18)12-17)24(29-4)16-7-9-20(28-3)10-8-16/h5-10,12,19H,11,13H2,1-4H3/b24-23-. The molecule has 2 aromatic carbocycles. The van der Waals surface area contributed by atoms with E-state index in [1.54, 1.807) is 31.4 Å². The maximum absolute atomic E-state index is 13.3. The van der Waals surface area contributed by atoms with E-state index in [0.717, 1.165) is 11.1 Å². The smallest absolute Gasteiger partial charge is 0.167 e. The fourth-order valence-corrected chi connectivity index (χ4v) is 3.66. The maximum Gasteiger partial charge on any atom is 0.167 e. The van der Waals surface area contributed by atoms with Crippen LogP contribution in [0.2, 0.25) is 0 Å². The topological polar surface area (TPSA) is 69.7 Å². The predicted octanol–water partition coefficient (Wildman–Crippen LogP) is 4.13. The van der Waals surface area contributed by atoms with Crippen molar-refractivity contribution in [3.8, 4) is 5.75 Å². The number of benzene rings is 2. The first kappa shape index (κ1) is 20.5. The van der Waals surface area contributed by atoms with Crippen LogP contribution in [0.25, 0.3) is 11.3 Å². The Morgan fingerprint density at radius 2 is 1.59 bits per heavy atom. The number of ketones is 3. The predicted molar refractivity (Wildman–Crippen MR) is 111 cm³/mol. The highest BCUT2D eigenvalue weighted by Gasteiger charge is 2.31. The van der Waals surface area contributed by atoms with Gasteiger partial charge in [0.2, 0.25) is 0 Å². The number of rotatable bonds is 5. The zero-order chi connectivity index (χ0) is 21.1. The van der Waals surface area contributed by atoms with Gasteiger partial charge in [-0.3, -0.25) is 14.4 Å². The molecule has 1 aliphatic rings. The molecule has 5 heteroatoms. The second kappa shape index (κ2) is 8.43. The quantitative estimate of drug-likeness (QED) is 0.331. The van der Waals surface area contributed by atoms with Gasteiger partial charge < -0.3 is 9.47 Å². The minimum atomic E-state index is -0.393. The van der Waals surface area contributed by atoms with Gasteiger partial charge in [-0.1, -0.05) is 12.1 Å². The number of carbonyl (C=O) groups excluding carboxylic acids is 3. The van der Waals surface area contributed by atoms with Crippen LogP contribution in [-0.2, 0) is 20.7 Å². The molecule has 3 rings (SSSR count). The van der Waals surface area contributed by atoms with Gasteiger partial charge in [0, 0.05) is 23.5 Å². The molecule has 0 heterocycles. The van der Waals surface area contributed by atoms with E-state index in [1.165, 1.54) is 21.0 Å². The summed E-state index contributed by atoms with van der Waals surface area (Å²) in [6.07, 6.45) is 0.565. The Morgan fingerprint density at radius 3 is 2.14 bits per heavy atom. The first-order chi connectivity index (χ1) is 13.8. The molecule has 0 radical (unpaired) electrons. The second-order valence-corrected chi connectivity index (χ2v) is 7.20. The van der Waals surface area contributed by atoms with Crippen LogP contribution in [0.1, 0.15) is 47.3 Å². The molecule has 5 nitrogen and oxygen atoms in total. The van der Waals surface area contributed by atoms with Crippen molar-refractivity contribution in [3.05, 3.63) is 64.7 Å². The van der Waals surface area contributed by atoms with Crippen LogP contribution in [0.5, 0.6) is 5.75 Å². The first-order valence-corrected chi connectivity index (χ1v) is 9.46. The van der Waals surface area contributed by atoms with E-state index >= 15 is 0 Å². The van der Waals surface area contributed by atoms with Crippen LogP contribution in [0.4, 0.5) is 0 Å². The second-order valence-electron chi connectivity index (χ2n) is 7.20. The van der Waals surface area contributed by atoms with Crippen molar-refractivity contribution in [2.24, 2.45) is 5.92 Å². The molecule has 0 N–H and O–H groups in total. The van der Waals surface area contributed by atoms with Crippen LogP contribution >= 0.6 is 0 Å². The van der Waals surface area contributed by atoms with Gasteiger partial charge >= 0.3 is 0 Å². The lowest BCUT2D eigenvalue weighted by Crippen LogP contribution is -2.16. The lowest BCUT2D eigenvalue weighted by Gasteiger charge is -2.16. The van der Waals surface area contributed by atoms with E-state index in [0.29, 0.717) is 34.6 Å². The fourth-order valence-electron chi connectivity index (χ4n) is 3.66. The molecule has 0 bridgehead atoms. The van der Waals surface area contributed by atoms with Crippen molar-refractivity contribution in [3.63, 3.8) is 0 Å². The van der Waals surface area contributed by atoms with E-state index in [1.807, 2.05) is 18.2 Å². The number of methoxy groups -OCH3 is 2. The Morgan fingerprint density at radius 1 is 0.931 bits per heavy atom. The van der Waals surface area contributed by atoms with Crippen LogP contribution in [-0.4, -0.2) is 31.6 Å². The number of Topliss-reactive ketones (excluding diaryl/α,β-unsaturated/α-hetero) is 3. The number of ether oxygens (including phenoxy) is 2. The summed E-state index contributed by atoms with van der Waals surface area (Å²) in [5.41, 5.74) is 3.15. The van der Waals surface area contributed by atoms with Crippen molar-refractivity contribution < 1.29 is 23.9 Å². The molecule has 0 saturated heterocycles. The minimum Gasteiger partial charge on any atom is -0.497 e. The zero-order valence-corrected chi connectivity index (χ0v) is 17.1. The molecule has 0 amide bonds. The van der Waals surface area contributed by atoms with Crippen molar-refractivity contribution in [2.75, 3.05) is 14.2 Å². The van der Waals surface area contributed by atoms with E-state index in [-0.39, 0.29) is 23.8 Å². The van der Waals surface area contributed by atoms with Crippen LogP contribution in [0.3, 0.4) is 0 Å². The monoisotopic (exact) mass is 392 g/mol. The molecule has 1 aliphatic carbocycles. The summed E-state index contributed by atoms with van der Waals surface area (Å²) in [6.45, 7) is 3.00. The molecule has 0 aromatic heterocycles. The van der Waals surface area contributed by atoms with Gasteiger partial charge in [0.15, 0.2) is 11.6 Å². The van der Waals surface area contributed by atoms with Gasteiger partial charge in [-0.05, 0) is 61.7 Å². The average Bonchev–Trinajstić information content (AvgIpc) is 2.85. The molecule has 1 atom stereocenters. The minimum absolute atomic E-state index is 0.0235. The van der Waals surface area contributed by atoms with Gasteiger partial charge in [-0.25, -0.2) is 0 Å². The van der Waals surface area contributed by atoms with Gasteiger partial charge in [0.1, 0.15) is 17.3 Å². The highest BCUT2D eigenvalue weighted by Crippen LogP contribution is 2.37. The summed E-state index contributed by atoms with van der Waals surface area (Å²) in [4.78, 5) is 37.3. The van der Waals surface area contributed by atoms with Crippen molar-refractivity contribution in [1.82, 2.24) is 0 Å². The molecule has 0 spiro atoms. The molecule has 0 saturated carbocycles. The number of hydrogen-bond donors (Lipinski definition) is 0. The van der Waals surface area contributed by atoms with Crippen molar-refractivity contribution >= 4 is 28.7 Å². The third kappa shape index (κ3) is 4.14. The number of carbonyl (C=O) groups is 3. The summed E-state index contributed by atoms with van der Waals surface area (Å²) in [7, 11) is 3.10. The molecule has 1 unspecified atom stereocenters. The Labute approximate surface area is 170 Å². The first-order valence-electron chi connectivity index (χ1n) is 9.46. The Hall–Kier alpha value is -3.21. The van der Waals surface area contributed by atoms with Crippen LogP contribution < -0.4 is 4.74 Å². The molecule has 0 aliphatic heterocycles. The van der Waals surface area contributed by atoms with Gasteiger partial charge in [0.05, 0.1) is 19.8 Å². The summed E-state index contributed by atoms with van der Waals surface area (Å²) in [5, 5.41) is 0. The molecule has 29 heavy (non-hydrogen) atoms. The summed E-state index contributed by atoms with van der Waals surface area (Å²) >= 11 is 0. The summed E-state index contributed by atoms with van der Waals surface area (Å²) in [5.74, 6) is 0.439. The highest BCUT2D eigenvalue weighted by atomic mass is 16.5. The van der Waals surface area contributed by atoms with Crippen LogP contribution in [0.15, 0.2) is 42.5 Å². The molecule has 2 aromatic rings. The summed E-state index contributed by atoms with van der Waals surface area (Å²) < 4.78 is 10.9. The normalized spacial score (nSPS) is 17.8. The van der Waals surface area contributed by atoms with Crippen molar-refractivity contribution in [1.29, 1.82) is 0 Å². The largest absolute Gasteiger partial charge is 0.497 e. The number of allylic oxidation sites excluding steroid dienone is 1. The van der Waals surface area contributed by atoms with Gasteiger partial charge in [-0.15, -0.1) is 0 Å². The maximum atomic E-state index is 13.3. The lowest BCUT2D eigenvalue weighted by molar-refractivity contribution is -0.124. The van der Waals surface area contributed by atoms with E-state index in [4.69, 9.17) is 9.47 Å². The Bertz CT molecular complexity index is 998. The zero-order valence-electron chi connectivity index (χ0n) is 17.1. The van der Waals surface area contributed by atoms with E-state index in [9.17, 15) is 14.4 Å². The average molecular weight is 392 g/mol. The summed E-state index contributed by atoms with van der Waals surface area (Å²) in [6, 6.07) is 12.5. The van der Waals surface area contributed by atoms with Crippen LogP contribution in [0, 0.1) is 5.92 Å². The highest BCUT2D eigenvalue weighted by molar-refractivity contribution is 6.28. The molecule has 150 valence electrons. The molecular formula is C24H24O5. The van der Waals surface area contributed by atoms with Crippen molar-refractivity contribution in [2.45, 2.75) is 26.7 Å². The Balaban J connectivity index is 2.28. The molecular weight excluding hydrogens is 368 g/mol. The van der Waals surface area contributed by atoms with E-state index in [2.05, 4.69) is 0 Å². The number of fused-ring (bicyclic) bond motifs is 1. The lowest BCUT2D eigenvalue weighted by atomic mass is 9.91.